The Labute approximate surface area is 98.1 Å². The van der Waals surface area contributed by atoms with Crippen molar-refractivity contribution < 1.29 is 9.53 Å². The Bertz CT molecular complexity index is 233. The zero-order chi connectivity index (χ0) is 12.1. The van der Waals surface area contributed by atoms with E-state index in [0.29, 0.717) is 13.2 Å². The topological polar surface area (TPSA) is 55.6 Å². The summed E-state index contributed by atoms with van der Waals surface area (Å²) in [7, 11) is 0. The van der Waals surface area contributed by atoms with Crippen molar-refractivity contribution in [3.63, 3.8) is 0 Å². The minimum absolute atomic E-state index is 0.0869. The van der Waals surface area contributed by atoms with Crippen LogP contribution in [0.3, 0.4) is 0 Å². The van der Waals surface area contributed by atoms with Crippen molar-refractivity contribution in [2.24, 2.45) is 5.73 Å². The van der Waals surface area contributed by atoms with E-state index in [9.17, 15) is 4.79 Å². The van der Waals surface area contributed by atoms with Crippen molar-refractivity contribution in [3.05, 3.63) is 0 Å². The highest BCUT2D eigenvalue weighted by Crippen LogP contribution is 2.16. The molecule has 16 heavy (non-hydrogen) atoms. The molecule has 2 unspecified atom stereocenters. The predicted octanol–water partition coefficient (Wildman–Crippen LogP) is 1.14. The molecule has 0 spiro atoms. The lowest BCUT2D eigenvalue weighted by atomic mass is 10.1. The summed E-state index contributed by atoms with van der Waals surface area (Å²) in [5.41, 5.74) is 5.89. The molecule has 0 radical (unpaired) electrons. The van der Waals surface area contributed by atoms with Crippen LogP contribution in [0.25, 0.3) is 0 Å². The maximum atomic E-state index is 12.1. The second-order valence-electron chi connectivity index (χ2n) is 4.59. The Morgan fingerprint density at radius 1 is 1.56 bits per heavy atom. The number of carbonyl (C=O) groups excluding carboxylic acids is 1. The van der Waals surface area contributed by atoms with Gasteiger partial charge in [0.05, 0.1) is 24.8 Å². The van der Waals surface area contributed by atoms with E-state index >= 15 is 0 Å². The molecule has 4 heteroatoms. The Hall–Kier alpha value is -0.610. The first kappa shape index (κ1) is 13.5. The van der Waals surface area contributed by atoms with Gasteiger partial charge < -0.3 is 15.4 Å². The van der Waals surface area contributed by atoms with Crippen LogP contribution in [0.4, 0.5) is 0 Å². The predicted molar refractivity (Wildman–Crippen MR) is 64.1 cm³/mol. The monoisotopic (exact) mass is 228 g/mol. The third-order valence-corrected chi connectivity index (χ3v) is 3.14. The van der Waals surface area contributed by atoms with E-state index in [1.165, 1.54) is 0 Å². The third kappa shape index (κ3) is 3.19. The van der Waals surface area contributed by atoms with Crippen molar-refractivity contribution in [1.82, 2.24) is 4.90 Å². The van der Waals surface area contributed by atoms with Crippen molar-refractivity contribution in [2.45, 2.75) is 58.2 Å². The summed E-state index contributed by atoms with van der Waals surface area (Å²) in [6.45, 7) is 7.44. The normalized spacial score (nSPS) is 27.9. The van der Waals surface area contributed by atoms with Gasteiger partial charge in [-0.1, -0.05) is 20.3 Å². The van der Waals surface area contributed by atoms with E-state index in [-0.39, 0.29) is 24.1 Å². The number of carbonyl (C=O) groups is 1. The highest BCUT2D eigenvalue weighted by Gasteiger charge is 2.31. The summed E-state index contributed by atoms with van der Waals surface area (Å²) in [5, 5.41) is 0. The van der Waals surface area contributed by atoms with Gasteiger partial charge in [-0.3, -0.25) is 4.79 Å². The summed E-state index contributed by atoms with van der Waals surface area (Å²) >= 11 is 0. The lowest BCUT2D eigenvalue weighted by Gasteiger charge is -2.39. The molecule has 1 aliphatic heterocycles. The van der Waals surface area contributed by atoms with Gasteiger partial charge in [0.1, 0.15) is 0 Å². The van der Waals surface area contributed by atoms with Crippen LogP contribution in [0.5, 0.6) is 0 Å². The molecule has 1 rings (SSSR count). The quantitative estimate of drug-likeness (QED) is 0.785. The summed E-state index contributed by atoms with van der Waals surface area (Å²) < 4.78 is 5.57. The molecule has 0 aliphatic carbocycles. The number of amides is 1. The fraction of sp³-hybridized carbons (Fsp3) is 0.917. The maximum Gasteiger partial charge on any atom is 0.239 e. The van der Waals surface area contributed by atoms with E-state index < -0.39 is 0 Å². The largest absolute Gasteiger partial charge is 0.375 e. The molecule has 4 nitrogen and oxygen atoms in total. The molecular formula is C12H24N2O2. The van der Waals surface area contributed by atoms with Gasteiger partial charge in [-0.2, -0.15) is 0 Å². The molecule has 0 aromatic carbocycles. The maximum absolute atomic E-state index is 12.1. The van der Waals surface area contributed by atoms with Gasteiger partial charge in [-0.15, -0.1) is 0 Å². The van der Waals surface area contributed by atoms with E-state index in [1.807, 2.05) is 18.7 Å². The van der Waals surface area contributed by atoms with Crippen LogP contribution >= 0.6 is 0 Å². The van der Waals surface area contributed by atoms with Crippen LogP contribution in [-0.2, 0) is 9.53 Å². The van der Waals surface area contributed by atoms with Gasteiger partial charge in [-0.25, -0.2) is 0 Å². The van der Waals surface area contributed by atoms with Gasteiger partial charge in [0.2, 0.25) is 5.91 Å². The Kier molecular flexibility index (Phi) is 5.22. The van der Waals surface area contributed by atoms with Crippen LogP contribution in [0.15, 0.2) is 0 Å². The van der Waals surface area contributed by atoms with Crippen LogP contribution in [0.2, 0.25) is 0 Å². The van der Waals surface area contributed by atoms with E-state index in [2.05, 4.69) is 6.92 Å². The molecule has 94 valence electrons. The third-order valence-electron chi connectivity index (χ3n) is 3.14. The molecule has 1 saturated heterocycles. The number of hydrogen-bond acceptors (Lipinski definition) is 3. The van der Waals surface area contributed by atoms with Crippen molar-refractivity contribution in [3.8, 4) is 0 Å². The summed E-state index contributed by atoms with van der Waals surface area (Å²) in [6.07, 6.45) is 2.77. The minimum Gasteiger partial charge on any atom is -0.375 e. The highest BCUT2D eigenvalue weighted by molar-refractivity contribution is 5.82. The average molecular weight is 228 g/mol. The van der Waals surface area contributed by atoms with Crippen molar-refractivity contribution in [1.29, 1.82) is 0 Å². The SMILES string of the molecule is CCC[C@@H](N)C(=O)N1CC(C)OCC1CC. The smallest absolute Gasteiger partial charge is 0.239 e. The Balaban J connectivity index is 2.62. The molecule has 1 amide bonds. The van der Waals surface area contributed by atoms with E-state index in [1.54, 1.807) is 0 Å². The molecule has 0 saturated carbocycles. The molecule has 0 bridgehead atoms. The molecular weight excluding hydrogens is 204 g/mol. The lowest BCUT2D eigenvalue weighted by Crippen LogP contribution is -2.55. The fourth-order valence-electron chi connectivity index (χ4n) is 2.10. The molecule has 0 aromatic rings. The number of nitrogens with two attached hydrogens (primary N) is 1. The Morgan fingerprint density at radius 3 is 2.81 bits per heavy atom. The van der Waals surface area contributed by atoms with E-state index in [4.69, 9.17) is 10.5 Å². The van der Waals surface area contributed by atoms with Crippen molar-refractivity contribution >= 4 is 5.91 Å². The molecule has 1 heterocycles. The number of nitrogens with zero attached hydrogens (tertiary/aromatic N) is 1. The summed E-state index contributed by atoms with van der Waals surface area (Å²) in [5.74, 6) is 0.0869. The summed E-state index contributed by atoms with van der Waals surface area (Å²) in [4.78, 5) is 14.1. The first-order valence-corrected chi connectivity index (χ1v) is 6.27. The number of morpholine rings is 1. The minimum atomic E-state index is -0.343. The highest BCUT2D eigenvalue weighted by atomic mass is 16.5. The van der Waals surface area contributed by atoms with Crippen molar-refractivity contribution in [2.75, 3.05) is 13.2 Å². The zero-order valence-corrected chi connectivity index (χ0v) is 10.6. The molecule has 1 fully saturated rings. The second-order valence-corrected chi connectivity index (χ2v) is 4.59. The summed E-state index contributed by atoms with van der Waals surface area (Å²) in [6, 6.07) is -0.143. The zero-order valence-electron chi connectivity index (χ0n) is 10.6. The molecule has 2 N–H and O–H groups in total. The first-order chi connectivity index (χ1) is 7.60. The number of ether oxygens (including phenoxy) is 1. The standard InChI is InChI=1S/C12H24N2O2/c1-4-6-11(13)12(15)14-7-9(3)16-8-10(14)5-2/h9-11H,4-8,13H2,1-3H3/t9?,10?,11-/m1/s1. The van der Waals surface area contributed by atoms with Crippen LogP contribution in [0, 0.1) is 0 Å². The molecule has 3 atom stereocenters. The Morgan fingerprint density at radius 2 is 2.25 bits per heavy atom. The van der Waals surface area contributed by atoms with Gasteiger partial charge >= 0.3 is 0 Å². The van der Waals surface area contributed by atoms with Gasteiger partial charge in [0.25, 0.3) is 0 Å². The molecule has 1 aliphatic rings. The van der Waals surface area contributed by atoms with Gasteiger partial charge in [-0.05, 0) is 19.8 Å². The number of hydrogen-bond donors (Lipinski definition) is 1. The second kappa shape index (κ2) is 6.21. The van der Waals surface area contributed by atoms with Crippen LogP contribution in [-0.4, -0.2) is 42.1 Å². The van der Waals surface area contributed by atoms with Crippen LogP contribution < -0.4 is 5.73 Å². The van der Waals surface area contributed by atoms with Gasteiger partial charge in [0.15, 0.2) is 0 Å². The van der Waals surface area contributed by atoms with Gasteiger partial charge in [0, 0.05) is 6.54 Å². The lowest BCUT2D eigenvalue weighted by molar-refractivity contribution is -0.145. The molecule has 0 aromatic heterocycles. The van der Waals surface area contributed by atoms with E-state index in [0.717, 1.165) is 19.3 Å². The number of rotatable bonds is 4. The van der Waals surface area contributed by atoms with Crippen LogP contribution in [0.1, 0.15) is 40.0 Å². The average Bonchev–Trinajstić information content (AvgIpc) is 2.28. The fourth-order valence-corrected chi connectivity index (χ4v) is 2.10. The first-order valence-electron chi connectivity index (χ1n) is 6.27.